The lowest BCUT2D eigenvalue weighted by molar-refractivity contribution is -0.122. The van der Waals surface area contributed by atoms with Gasteiger partial charge in [0.1, 0.15) is 0 Å². The Hall–Kier alpha value is -1.46. The zero-order valence-corrected chi connectivity index (χ0v) is 11.3. The number of hydrogen-bond donors (Lipinski definition) is 2. The van der Waals surface area contributed by atoms with E-state index in [1.165, 1.54) is 0 Å². The van der Waals surface area contributed by atoms with E-state index in [0.717, 1.165) is 12.1 Å². The molecule has 1 amide bonds. The van der Waals surface area contributed by atoms with Gasteiger partial charge in [0.15, 0.2) is 0 Å². The van der Waals surface area contributed by atoms with Crippen LogP contribution < -0.4 is 11.1 Å². The Bertz CT molecular complexity index is 369. The number of likely N-dealkylation sites (N-methyl/N-ethyl adjacent to an activating group) is 2. The van der Waals surface area contributed by atoms with Gasteiger partial charge < -0.3 is 11.1 Å². The lowest BCUT2D eigenvalue weighted by atomic mass is 10.0. The number of nitrogens with two attached hydrogens (primary N) is 1. The highest BCUT2D eigenvalue weighted by molar-refractivity contribution is 5.77. The van der Waals surface area contributed by atoms with Gasteiger partial charge in [0.05, 0.1) is 18.3 Å². The van der Waals surface area contributed by atoms with E-state index in [1.807, 2.05) is 37.1 Å². The Balaban J connectivity index is 2.88. The number of nitrogens with zero attached hydrogens (tertiary/aromatic N) is 2. The third kappa shape index (κ3) is 3.78. The predicted octanol–water partition coefficient (Wildman–Crippen LogP) is 0.538. The summed E-state index contributed by atoms with van der Waals surface area (Å²) in [6.07, 6.45) is 2.58. The number of hydrogen-bond acceptors (Lipinski definition) is 4. The van der Waals surface area contributed by atoms with Gasteiger partial charge in [-0.3, -0.25) is 14.7 Å². The molecule has 0 fully saturated rings. The van der Waals surface area contributed by atoms with Crippen molar-refractivity contribution >= 4 is 5.91 Å². The molecule has 2 unspecified atom stereocenters. The van der Waals surface area contributed by atoms with Crippen molar-refractivity contribution in [2.24, 2.45) is 5.73 Å². The molecule has 5 nitrogen and oxygen atoms in total. The summed E-state index contributed by atoms with van der Waals surface area (Å²) >= 11 is 0. The van der Waals surface area contributed by atoms with Gasteiger partial charge in [-0.25, -0.2) is 0 Å². The van der Waals surface area contributed by atoms with Gasteiger partial charge in [0, 0.05) is 19.3 Å². The fraction of sp³-hybridized carbons (Fsp3) is 0.538. The van der Waals surface area contributed by atoms with Crippen molar-refractivity contribution in [3.8, 4) is 0 Å². The van der Waals surface area contributed by atoms with E-state index < -0.39 is 0 Å². The van der Waals surface area contributed by atoms with E-state index in [4.69, 9.17) is 5.73 Å². The Morgan fingerprint density at radius 2 is 2.28 bits per heavy atom. The first-order chi connectivity index (χ1) is 8.60. The molecular formula is C13H22N4O. The molecule has 1 aromatic rings. The number of pyridine rings is 1. The molecule has 0 radical (unpaired) electrons. The predicted molar refractivity (Wildman–Crippen MR) is 71.9 cm³/mol. The average Bonchev–Trinajstić information content (AvgIpc) is 2.39. The number of carbonyl (C=O) groups excluding carboxylic acids is 1. The van der Waals surface area contributed by atoms with Crippen molar-refractivity contribution in [2.45, 2.75) is 25.4 Å². The molecule has 1 aromatic heterocycles. The highest BCUT2D eigenvalue weighted by Crippen LogP contribution is 2.21. The fourth-order valence-electron chi connectivity index (χ4n) is 1.95. The molecule has 18 heavy (non-hydrogen) atoms. The molecule has 0 saturated heterocycles. The minimum absolute atomic E-state index is 0.0262. The van der Waals surface area contributed by atoms with Gasteiger partial charge in [0.2, 0.25) is 5.91 Å². The molecule has 1 heterocycles. The second-order valence-electron chi connectivity index (χ2n) is 4.36. The summed E-state index contributed by atoms with van der Waals surface area (Å²) in [6.45, 7) is 2.35. The summed E-state index contributed by atoms with van der Waals surface area (Å²) in [5.74, 6) is -0.0262. The Labute approximate surface area is 108 Å². The van der Waals surface area contributed by atoms with Crippen molar-refractivity contribution in [1.82, 2.24) is 15.2 Å². The molecular weight excluding hydrogens is 228 g/mol. The first-order valence-electron chi connectivity index (χ1n) is 6.17. The molecule has 100 valence electrons. The molecule has 2 atom stereocenters. The molecule has 1 rings (SSSR count). The Kier molecular flexibility index (Phi) is 5.74. The first kappa shape index (κ1) is 14.6. The fourth-order valence-corrected chi connectivity index (χ4v) is 1.95. The van der Waals surface area contributed by atoms with Gasteiger partial charge in [-0.15, -0.1) is 0 Å². The largest absolute Gasteiger partial charge is 0.358 e. The normalized spacial score (nSPS) is 14.3. The molecule has 0 spiro atoms. The van der Waals surface area contributed by atoms with Crippen molar-refractivity contribution in [3.63, 3.8) is 0 Å². The molecule has 0 aliphatic heterocycles. The summed E-state index contributed by atoms with van der Waals surface area (Å²) in [4.78, 5) is 17.7. The van der Waals surface area contributed by atoms with Crippen LogP contribution in [-0.4, -0.2) is 42.5 Å². The molecule has 0 saturated carbocycles. The Morgan fingerprint density at radius 1 is 1.56 bits per heavy atom. The standard InChI is InChI=1S/C13H22N4O/c1-4-10(14)13(11-7-5-6-8-16-11)17(3)9-12(18)15-2/h5-8,10,13H,4,9,14H2,1-3H3,(H,15,18). The van der Waals surface area contributed by atoms with Crippen molar-refractivity contribution in [1.29, 1.82) is 0 Å². The maximum Gasteiger partial charge on any atom is 0.233 e. The van der Waals surface area contributed by atoms with Gasteiger partial charge in [-0.2, -0.15) is 0 Å². The monoisotopic (exact) mass is 250 g/mol. The molecule has 0 aromatic carbocycles. The highest BCUT2D eigenvalue weighted by atomic mass is 16.1. The van der Waals surface area contributed by atoms with Gasteiger partial charge in [-0.05, 0) is 25.6 Å². The molecule has 3 N–H and O–H groups in total. The van der Waals surface area contributed by atoms with Crippen LogP contribution in [0.1, 0.15) is 25.1 Å². The lowest BCUT2D eigenvalue weighted by Crippen LogP contribution is -2.43. The number of amides is 1. The maximum atomic E-state index is 11.5. The smallest absolute Gasteiger partial charge is 0.233 e. The number of rotatable bonds is 6. The van der Waals surface area contributed by atoms with Crippen LogP contribution in [0.15, 0.2) is 24.4 Å². The van der Waals surface area contributed by atoms with E-state index in [2.05, 4.69) is 10.3 Å². The zero-order chi connectivity index (χ0) is 13.5. The van der Waals surface area contributed by atoms with Crippen molar-refractivity contribution in [3.05, 3.63) is 30.1 Å². The van der Waals surface area contributed by atoms with Gasteiger partial charge in [-0.1, -0.05) is 13.0 Å². The van der Waals surface area contributed by atoms with Crippen LogP contribution in [0.2, 0.25) is 0 Å². The lowest BCUT2D eigenvalue weighted by Gasteiger charge is -2.31. The number of aromatic nitrogens is 1. The van der Waals surface area contributed by atoms with Crippen LogP contribution in [0.25, 0.3) is 0 Å². The van der Waals surface area contributed by atoms with E-state index in [1.54, 1.807) is 13.2 Å². The van der Waals surface area contributed by atoms with Crippen LogP contribution in [0.4, 0.5) is 0 Å². The summed E-state index contributed by atoms with van der Waals surface area (Å²) in [7, 11) is 3.52. The van der Waals surface area contributed by atoms with Crippen molar-refractivity contribution < 1.29 is 4.79 Å². The summed E-state index contributed by atoms with van der Waals surface area (Å²) in [5, 5.41) is 2.62. The second kappa shape index (κ2) is 7.08. The van der Waals surface area contributed by atoms with Crippen LogP contribution in [0.5, 0.6) is 0 Å². The summed E-state index contributed by atoms with van der Waals surface area (Å²) in [6, 6.07) is 5.66. The molecule has 5 heteroatoms. The quantitative estimate of drug-likeness (QED) is 0.773. The van der Waals surface area contributed by atoms with Crippen LogP contribution >= 0.6 is 0 Å². The summed E-state index contributed by atoms with van der Waals surface area (Å²) in [5.41, 5.74) is 7.06. The third-order valence-corrected chi connectivity index (χ3v) is 3.01. The van der Waals surface area contributed by atoms with Crippen LogP contribution in [0, 0.1) is 0 Å². The van der Waals surface area contributed by atoms with E-state index >= 15 is 0 Å². The minimum atomic E-state index is -0.0477. The Morgan fingerprint density at radius 3 is 2.78 bits per heavy atom. The SMILES string of the molecule is CCC(N)C(c1ccccn1)N(C)CC(=O)NC. The van der Waals surface area contributed by atoms with E-state index in [-0.39, 0.29) is 18.0 Å². The van der Waals surface area contributed by atoms with Crippen LogP contribution in [0.3, 0.4) is 0 Å². The molecule has 0 aliphatic rings. The highest BCUT2D eigenvalue weighted by Gasteiger charge is 2.25. The average molecular weight is 250 g/mol. The third-order valence-electron chi connectivity index (χ3n) is 3.01. The first-order valence-corrected chi connectivity index (χ1v) is 6.17. The zero-order valence-electron chi connectivity index (χ0n) is 11.3. The van der Waals surface area contributed by atoms with Crippen LogP contribution in [-0.2, 0) is 4.79 Å². The number of carbonyl (C=O) groups is 1. The van der Waals surface area contributed by atoms with Gasteiger partial charge in [0.25, 0.3) is 0 Å². The minimum Gasteiger partial charge on any atom is -0.358 e. The number of nitrogens with one attached hydrogen (secondary N) is 1. The van der Waals surface area contributed by atoms with E-state index in [0.29, 0.717) is 6.54 Å². The van der Waals surface area contributed by atoms with Gasteiger partial charge >= 0.3 is 0 Å². The molecule has 0 bridgehead atoms. The van der Waals surface area contributed by atoms with E-state index in [9.17, 15) is 4.79 Å². The summed E-state index contributed by atoms with van der Waals surface area (Å²) < 4.78 is 0. The topological polar surface area (TPSA) is 71.2 Å². The molecule has 0 aliphatic carbocycles. The second-order valence-corrected chi connectivity index (χ2v) is 4.36. The van der Waals surface area contributed by atoms with Crippen molar-refractivity contribution in [2.75, 3.05) is 20.6 Å². The maximum absolute atomic E-state index is 11.5.